The summed E-state index contributed by atoms with van der Waals surface area (Å²) in [5.41, 5.74) is 1.25. The van der Waals surface area contributed by atoms with Crippen molar-refractivity contribution in [3.8, 4) is 0 Å². The summed E-state index contributed by atoms with van der Waals surface area (Å²) < 4.78 is 0. The Morgan fingerprint density at radius 1 is 1.00 bits per heavy atom. The monoisotopic (exact) mass is 352 g/mol. The highest BCUT2D eigenvalue weighted by Crippen LogP contribution is 2.50. The molecular formula is C23H25ClO. The second-order valence-corrected chi connectivity index (χ2v) is 7.97. The van der Waals surface area contributed by atoms with Gasteiger partial charge in [-0.05, 0) is 37.3 Å². The molecule has 130 valence electrons. The first-order chi connectivity index (χ1) is 12.0. The first-order valence-electron chi connectivity index (χ1n) is 8.97. The molecule has 0 aromatic heterocycles. The smallest absolute Gasteiger partial charge is 0.153 e. The molecule has 1 aliphatic rings. The second-order valence-electron chi connectivity index (χ2n) is 7.38. The van der Waals surface area contributed by atoms with Crippen LogP contribution in [0.2, 0.25) is 0 Å². The molecule has 1 saturated carbocycles. The van der Waals surface area contributed by atoms with Crippen LogP contribution in [0.1, 0.15) is 50.7 Å². The van der Waals surface area contributed by atoms with Crippen LogP contribution in [0, 0.1) is 5.41 Å². The molecule has 0 amide bonds. The lowest BCUT2D eigenvalue weighted by Crippen LogP contribution is -2.49. The van der Waals surface area contributed by atoms with Gasteiger partial charge in [-0.3, -0.25) is 4.79 Å². The molecule has 0 radical (unpaired) electrons. The predicted octanol–water partition coefficient (Wildman–Crippen LogP) is 6.26. The average molecular weight is 353 g/mol. The van der Waals surface area contributed by atoms with Gasteiger partial charge >= 0.3 is 0 Å². The van der Waals surface area contributed by atoms with E-state index in [0.29, 0.717) is 12.2 Å². The highest BCUT2D eigenvalue weighted by molar-refractivity contribution is 6.29. The van der Waals surface area contributed by atoms with E-state index in [4.69, 9.17) is 11.6 Å². The first kappa shape index (κ1) is 17.9. The van der Waals surface area contributed by atoms with E-state index in [0.717, 1.165) is 35.4 Å². The van der Waals surface area contributed by atoms with Gasteiger partial charge in [0.25, 0.3) is 0 Å². The molecule has 25 heavy (non-hydrogen) atoms. The summed E-state index contributed by atoms with van der Waals surface area (Å²) >= 11 is 6.06. The van der Waals surface area contributed by atoms with Gasteiger partial charge in [-0.25, -0.2) is 0 Å². The Hall–Kier alpha value is -1.86. The summed E-state index contributed by atoms with van der Waals surface area (Å²) in [6, 6.07) is 20.5. The van der Waals surface area contributed by atoms with Crippen molar-refractivity contribution in [2.24, 2.45) is 5.41 Å². The van der Waals surface area contributed by atoms with Crippen molar-refractivity contribution in [2.45, 2.75) is 44.9 Å². The van der Waals surface area contributed by atoms with Crippen molar-refractivity contribution in [2.75, 3.05) is 0 Å². The maximum Gasteiger partial charge on any atom is 0.153 e. The lowest BCUT2D eigenvalue weighted by molar-refractivity contribution is -0.135. The Balaban J connectivity index is 2.15. The summed E-state index contributed by atoms with van der Waals surface area (Å²) in [6.07, 6.45) is 5.49. The zero-order valence-corrected chi connectivity index (χ0v) is 15.7. The Morgan fingerprint density at radius 2 is 1.52 bits per heavy atom. The Morgan fingerprint density at radius 3 is 2.00 bits per heavy atom. The minimum absolute atomic E-state index is 0.317. The van der Waals surface area contributed by atoms with E-state index < -0.39 is 5.41 Å². The third kappa shape index (κ3) is 3.30. The van der Waals surface area contributed by atoms with Gasteiger partial charge in [-0.2, -0.15) is 0 Å². The highest BCUT2D eigenvalue weighted by atomic mass is 35.5. The molecule has 0 heterocycles. The molecule has 1 aliphatic carbocycles. The third-order valence-electron chi connectivity index (χ3n) is 5.58. The van der Waals surface area contributed by atoms with E-state index >= 15 is 0 Å². The maximum absolute atomic E-state index is 13.9. The minimum Gasteiger partial charge on any atom is -0.298 e. The highest BCUT2D eigenvalue weighted by Gasteiger charge is 2.52. The number of halogens is 1. The van der Waals surface area contributed by atoms with Gasteiger partial charge in [-0.1, -0.05) is 91.7 Å². The van der Waals surface area contributed by atoms with Crippen LogP contribution in [0.4, 0.5) is 0 Å². The molecule has 0 saturated heterocycles. The summed E-state index contributed by atoms with van der Waals surface area (Å²) in [5.74, 6) is 0.317. The van der Waals surface area contributed by atoms with Crippen LogP contribution in [0.25, 0.3) is 0 Å². The molecule has 0 bridgehead atoms. The molecule has 1 nitrogen and oxygen atoms in total. The lowest BCUT2D eigenvalue weighted by atomic mass is 9.55. The maximum atomic E-state index is 13.9. The predicted molar refractivity (Wildman–Crippen MR) is 105 cm³/mol. The number of hydrogen-bond acceptors (Lipinski definition) is 1. The van der Waals surface area contributed by atoms with Gasteiger partial charge in [0.05, 0.1) is 5.41 Å². The fraction of sp³-hybridized carbons (Fsp3) is 0.348. The van der Waals surface area contributed by atoms with Crippen molar-refractivity contribution < 1.29 is 4.79 Å². The van der Waals surface area contributed by atoms with Gasteiger partial charge < -0.3 is 0 Å². The number of carbonyl (C=O) groups is 1. The van der Waals surface area contributed by atoms with Crippen LogP contribution in [-0.2, 0) is 10.2 Å². The quantitative estimate of drug-likeness (QED) is 0.634. The van der Waals surface area contributed by atoms with Crippen LogP contribution in [0.5, 0.6) is 0 Å². The van der Waals surface area contributed by atoms with Crippen molar-refractivity contribution in [3.05, 3.63) is 82.9 Å². The average Bonchev–Trinajstić information content (AvgIpc) is 2.64. The van der Waals surface area contributed by atoms with Crippen molar-refractivity contribution in [1.82, 2.24) is 0 Å². The van der Waals surface area contributed by atoms with Crippen LogP contribution in [0.15, 0.2) is 71.8 Å². The first-order valence-corrected chi connectivity index (χ1v) is 9.35. The van der Waals surface area contributed by atoms with Crippen molar-refractivity contribution in [1.29, 1.82) is 0 Å². The molecule has 2 heteroatoms. The standard InChI is InChI=1S/C23H25ClO/c1-18(24)14-17-22(2)15-9-16-23(21(22)25,19-10-5-3-6-11-19)20-12-7-4-8-13-20/h3-8,10-14H,9,15-17H2,1-2H3. The van der Waals surface area contributed by atoms with Gasteiger partial charge in [0.2, 0.25) is 0 Å². The molecule has 3 rings (SSSR count). The number of ketones is 1. The molecule has 0 aliphatic heterocycles. The van der Waals surface area contributed by atoms with Gasteiger partial charge in [-0.15, -0.1) is 0 Å². The van der Waals surface area contributed by atoms with Gasteiger partial charge in [0.1, 0.15) is 0 Å². The molecular weight excluding hydrogens is 328 g/mol. The SMILES string of the molecule is CC(Cl)=CCC1(C)CCCC(c2ccccc2)(c2ccccc2)C1=O. The Labute approximate surface area is 155 Å². The van der Waals surface area contributed by atoms with E-state index in [1.807, 2.05) is 49.4 Å². The van der Waals surface area contributed by atoms with E-state index in [1.165, 1.54) is 0 Å². The largest absolute Gasteiger partial charge is 0.298 e. The van der Waals surface area contributed by atoms with E-state index in [2.05, 4.69) is 31.2 Å². The number of hydrogen-bond donors (Lipinski definition) is 0. The molecule has 1 unspecified atom stereocenters. The van der Waals surface area contributed by atoms with Gasteiger partial charge in [0.15, 0.2) is 5.78 Å². The molecule has 2 aromatic carbocycles. The van der Waals surface area contributed by atoms with Crippen molar-refractivity contribution in [3.63, 3.8) is 0 Å². The second kappa shape index (κ2) is 7.17. The molecule has 0 N–H and O–H groups in total. The van der Waals surface area contributed by atoms with Crippen LogP contribution in [0.3, 0.4) is 0 Å². The normalized spacial score (nSPS) is 23.5. The van der Waals surface area contributed by atoms with Gasteiger partial charge in [0, 0.05) is 10.4 Å². The molecule has 0 spiro atoms. The van der Waals surface area contributed by atoms with Crippen LogP contribution < -0.4 is 0 Å². The zero-order chi connectivity index (χ0) is 17.9. The zero-order valence-electron chi connectivity index (χ0n) is 15.0. The Kier molecular flexibility index (Phi) is 5.15. The van der Waals surface area contributed by atoms with E-state index in [1.54, 1.807) is 0 Å². The number of rotatable bonds is 4. The third-order valence-corrected chi connectivity index (χ3v) is 5.74. The lowest BCUT2D eigenvalue weighted by Gasteiger charge is -2.45. The summed E-state index contributed by atoms with van der Waals surface area (Å²) in [6.45, 7) is 3.98. The van der Waals surface area contributed by atoms with E-state index in [9.17, 15) is 4.79 Å². The number of Topliss-reactive ketones (excluding diaryl/α,β-unsaturated/α-hetero) is 1. The summed E-state index contributed by atoms with van der Waals surface area (Å²) in [7, 11) is 0. The number of carbonyl (C=O) groups excluding carboxylic acids is 1. The molecule has 2 aromatic rings. The summed E-state index contributed by atoms with van der Waals surface area (Å²) in [4.78, 5) is 13.9. The molecule has 1 atom stereocenters. The number of benzene rings is 2. The van der Waals surface area contributed by atoms with E-state index in [-0.39, 0.29) is 5.41 Å². The van der Waals surface area contributed by atoms with Crippen LogP contribution >= 0.6 is 11.6 Å². The summed E-state index contributed by atoms with van der Waals surface area (Å²) in [5, 5.41) is 0.754. The topological polar surface area (TPSA) is 17.1 Å². The fourth-order valence-corrected chi connectivity index (χ4v) is 4.29. The van der Waals surface area contributed by atoms with Crippen LogP contribution in [-0.4, -0.2) is 5.78 Å². The fourth-order valence-electron chi connectivity index (χ4n) is 4.21. The minimum atomic E-state index is -0.566. The molecule has 1 fully saturated rings. The number of allylic oxidation sites excluding steroid dienone is 2. The Bertz CT molecular complexity index is 720. The van der Waals surface area contributed by atoms with Crippen molar-refractivity contribution >= 4 is 17.4 Å².